The van der Waals surface area contributed by atoms with Crippen LogP contribution in [0.4, 0.5) is 0 Å². The molecule has 0 unspecified atom stereocenters. The first-order valence-electron chi connectivity index (χ1n) is 8.89. The summed E-state index contributed by atoms with van der Waals surface area (Å²) >= 11 is 1.57. The maximum absolute atomic E-state index is 12.6. The van der Waals surface area contributed by atoms with Crippen LogP contribution in [0.5, 0.6) is 0 Å². The maximum atomic E-state index is 12.6. The molecule has 27 heavy (non-hydrogen) atoms. The highest BCUT2D eigenvalue weighted by molar-refractivity contribution is 7.15. The zero-order valence-corrected chi connectivity index (χ0v) is 16.0. The lowest BCUT2D eigenvalue weighted by Crippen LogP contribution is -2.34. The van der Waals surface area contributed by atoms with Gasteiger partial charge >= 0.3 is 0 Å². The van der Waals surface area contributed by atoms with Crippen molar-refractivity contribution in [2.24, 2.45) is 5.92 Å². The summed E-state index contributed by atoms with van der Waals surface area (Å²) in [5, 5.41) is 11.3. The third kappa shape index (κ3) is 4.00. The van der Waals surface area contributed by atoms with Gasteiger partial charge in [0.1, 0.15) is 12.2 Å². The summed E-state index contributed by atoms with van der Waals surface area (Å²) in [6, 6.07) is 7.19. The van der Waals surface area contributed by atoms with Crippen LogP contribution in [0.1, 0.15) is 23.4 Å². The first-order valence-corrected chi connectivity index (χ1v) is 9.70. The first-order chi connectivity index (χ1) is 13.0. The van der Waals surface area contributed by atoms with E-state index in [1.54, 1.807) is 17.4 Å². The van der Waals surface area contributed by atoms with Crippen LogP contribution in [0.3, 0.4) is 0 Å². The molecule has 0 bridgehead atoms. The standard InChI is InChI=1S/C19H20N4O3S/c1-11-7-15(26-22-11)14-8-18(25)23(10-17(24)20-9-13-4-5-13)21-19(14)16-6-3-12(2)27-16/h3,6-8,13H,4-5,9-10H2,1-2H3,(H,20,24). The molecule has 1 saturated carbocycles. The Hall–Kier alpha value is -2.74. The normalized spacial score (nSPS) is 13.7. The SMILES string of the molecule is Cc1cc(-c2cc(=O)n(CC(=O)NCC3CC3)nc2-c2ccc(C)s2)on1. The van der Waals surface area contributed by atoms with Gasteiger partial charge in [-0.1, -0.05) is 5.16 Å². The van der Waals surface area contributed by atoms with E-state index in [1.165, 1.54) is 10.7 Å². The van der Waals surface area contributed by atoms with Crippen molar-refractivity contribution in [3.8, 4) is 21.9 Å². The van der Waals surface area contributed by atoms with Gasteiger partial charge in [-0.05, 0) is 44.7 Å². The largest absolute Gasteiger partial charge is 0.356 e. The van der Waals surface area contributed by atoms with Crippen molar-refractivity contribution in [1.29, 1.82) is 0 Å². The summed E-state index contributed by atoms with van der Waals surface area (Å²) in [6.07, 6.45) is 2.32. The maximum Gasteiger partial charge on any atom is 0.268 e. The number of hydrogen-bond donors (Lipinski definition) is 1. The number of hydrogen-bond acceptors (Lipinski definition) is 6. The predicted octanol–water partition coefficient (Wildman–Crippen LogP) is 2.77. The second-order valence-corrected chi connectivity index (χ2v) is 8.18. The Balaban J connectivity index is 1.70. The minimum Gasteiger partial charge on any atom is -0.356 e. The van der Waals surface area contributed by atoms with E-state index in [1.807, 2.05) is 26.0 Å². The van der Waals surface area contributed by atoms with E-state index in [0.29, 0.717) is 29.5 Å². The summed E-state index contributed by atoms with van der Waals surface area (Å²) in [4.78, 5) is 26.8. The van der Waals surface area contributed by atoms with E-state index in [-0.39, 0.29) is 18.0 Å². The molecule has 0 aliphatic heterocycles. The van der Waals surface area contributed by atoms with Gasteiger partial charge in [-0.2, -0.15) is 5.10 Å². The fraction of sp³-hybridized carbons (Fsp3) is 0.368. The van der Waals surface area contributed by atoms with Gasteiger partial charge < -0.3 is 9.84 Å². The molecule has 1 amide bonds. The van der Waals surface area contributed by atoms with E-state index in [9.17, 15) is 9.59 Å². The van der Waals surface area contributed by atoms with Crippen LogP contribution in [0, 0.1) is 19.8 Å². The molecule has 0 atom stereocenters. The third-order valence-electron chi connectivity index (χ3n) is 4.44. The molecule has 3 aromatic heterocycles. The Labute approximate surface area is 160 Å². The summed E-state index contributed by atoms with van der Waals surface area (Å²) in [5.41, 5.74) is 1.57. The van der Waals surface area contributed by atoms with Gasteiger partial charge in [0, 0.05) is 23.6 Å². The molecule has 1 aliphatic rings. The van der Waals surface area contributed by atoms with Crippen LogP contribution in [0.25, 0.3) is 21.9 Å². The molecule has 8 heteroatoms. The number of thiophene rings is 1. The van der Waals surface area contributed by atoms with Gasteiger partial charge in [0.2, 0.25) is 5.91 Å². The number of carbonyl (C=O) groups is 1. The topological polar surface area (TPSA) is 90.0 Å². The lowest BCUT2D eigenvalue weighted by molar-refractivity contribution is -0.121. The van der Waals surface area contributed by atoms with Crippen LogP contribution in [0.2, 0.25) is 0 Å². The van der Waals surface area contributed by atoms with Crippen molar-refractivity contribution in [2.75, 3.05) is 6.54 Å². The minimum atomic E-state index is -0.349. The van der Waals surface area contributed by atoms with E-state index in [2.05, 4.69) is 15.6 Å². The number of amides is 1. The Bertz CT molecular complexity index is 1050. The molecule has 1 N–H and O–H groups in total. The van der Waals surface area contributed by atoms with Gasteiger partial charge in [-0.3, -0.25) is 9.59 Å². The van der Waals surface area contributed by atoms with Crippen molar-refractivity contribution < 1.29 is 9.32 Å². The van der Waals surface area contributed by atoms with Crippen LogP contribution in [-0.4, -0.2) is 27.4 Å². The molecule has 1 fully saturated rings. The second-order valence-electron chi connectivity index (χ2n) is 6.89. The highest BCUT2D eigenvalue weighted by Crippen LogP contribution is 2.33. The zero-order chi connectivity index (χ0) is 19.0. The van der Waals surface area contributed by atoms with Gasteiger partial charge in [0.25, 0.3) is 5.56 Å². The van der Waals surface area contributed by atoms with E-state index < -0.39 is 0 Å². The highest BCUT2D eigenvalue weighted by atomic mass is 32.1. The smallest absolute Gasteiger partial charge is 0.268 e. The predicted molar refractivity (Wildman–Crippen MR) is 103 cm³/mol. The molecule has 0 radical (unpaired) electrons. The summed E-state index contributed by atoms with van der Waals surface area (Å²) in [6.45, 7) is 4.40. The van der Waals surface area contributed by atoms with E-state index >= 15 is 0 Å². The Morgan fingerprint density at radius 1 is 1.33 bits per heavy atom. The Kier molecular flexibility index (Phi) is 4.65. The molecular weight excluding hydrogens is 364 g/mol. The summed E-state index contributed by atoms with van der Waals surface area (Å²) in [7, 11) is 0. The molecule has 1 aliphatic carbocycles. The molecule has 0 spiro atoms. The number of rotatable bonds is 6. The molecule has 0 aromatic carbocycles. The van der Waals surface area contributed by atoms with Gasteiger partial charge in [0.15, 0.2) is 5.76 Å². The van der Waals surface area contributed by atoms with Crippen LogP contribution in [0.15, 0.2) is 33.6 Å². The number of nitrogens with zero attached hydrogens (tertiary/aromatic N) is 3. The molecular formula is C19H20N4O3S. The monoisotopic (exact) mass is 384 g/mol. The first kappa shape index (κ1) is 17.7. The highest BCUT2D eigenvalue weighted by Gasteiger charge is 2.22. The summed E-state index contributed by atoms with van der Waals surface area (Å²) in [5.74, 6) is 0.872. The number of carbonyl (C=O) groups excluding carboxylic acids is 1. The van der Waals surface area contributed by atoms with Crippen LogP contribution < -0.4 is 10.9 Å². The zero-order valence-electron chi connectivity index (χ0n) is 15.2. The number of nitrogens with one attached hydrogen (secondary N) is 1. The Morgan fingerprint density at radius 3 is 2.78 bits per heavy atom. The van der Waals surface area contributed by atoms with Gasteiger partial charge in [-0.15, -0.1) is 11.3 Å². The molecule has 7 nitrogen and oxygen atoms in total. The second kappa shape index (κ2) is 7.11. The fourth-order valence-corrected chi connectivity index (χ4v) is 3.66. The molecule has 140 valence electrons. The van der Waals surface area contributed by atoms with Crippen LogP contribution >= 0.6 is 11.3 Å². The molecule has 3 aromatic rings. The quantitative estimate of drug-likeness (QED) is 0.706. The summed E-state index contributed by atoms with van der Waals surface area (Å²) < 4.78 is 6.56. The molecule has 4 rings (SSSR count). The lowest BCUT2D eigenvalue weighted by atomic mass is 10.1. The average molecular weight is 384 g/mol. The van der Waals surface area contributed by atoms with Crippen molar-refractivity contribution in [1.82, 2.24) is 20.3 Å². The van der Waals surface area contributed by atoms with Gasteiger partial charge in [-0.25, -0.2) is 4.68 Å². The fourth-order valence-electron chi connectivity index (χ4n) is 2.80. The van der Waals surface area contributed by atoms with Crippen molar-refractivity contribution >= 4 is 17.2 Å². The van der Waals surface area contributed by atoms with Crippen LogP contribution in [-0.2, 0) is 11.3 Å². The van der Waals surface area contributed by atoms with E-state index in [4.69, 9.17) is 4.52 Å². The number of aryl methyl sites for hydroxylation is 2. The molecule has 3 heterocycles. The van der Waals surface area contributed by atoms with Crippen molar-refractivity contribution in [3.63, 3.8) is 0 Å². The van der Waals surface area contributed by atoms with Gasteiger partial charge in [0.05, 0.1) is 16.1 Å². The van der Waals surface area contributed by atoms with E-state index in [0.717, 1.165) is 28.3 Å². The Morgan fingerprint density at radius 2 is 2.15 bits per heavy atom. The lowest BCUT2D eigenvalue weighted by Gasteiger charge is -2.10. The third-order valence-corrected chi connectivity index (χ3v) is 5.45. The van der Waals surface area contributed by atoms with Crippen molar-refractivity contribution in [2.45, 2.75) is 33.2 Å². The van der Waals surface area contributed by atoms with Crippen molar-refractivity contribution in [3.05, 3.63) is 45.2 Å². The minimum absolute atomic E-state index is 0.0986. The molecule has 0 saturated heterocycles. The number of aromatic nitrogens is 3. The average Bonchev–Trinajstić information content (AvgIpc) is 3.21.